The predicted molar refractivity (Wildman–Crippen MR) is 62.4 cm³/mol. The van der Waals surface area contributed by atoms with Crippen molar-refractivity contribution >= 4 is 6.03 Å². The first-order valence-corrected chi connectivity index (χ1v) is 6.36. The normalized spacial score (nSPS) is 30.6. The number of ether oxygens (including phenoxy) is 1. The lowest BCUT2D eigenvalue weighted by molar-refractivity contribution is 0.0228. The Labute approximate surface area is 97.1 Å². The zero-order valence-electron chi connectivity index (χ0n) is 10.1. The minimum atomic E-state index is -0.146. The molecular formula is C12H22N2O2. The Bertz CT molecular complexity index is 243. The number of hydrogen-bond acceptors (Lipinski definition) is 2. The van der Waals surface area contributed by atoms with Crippen LogP contribution >= 0.6 is 0 Å². The van der Waals surface area contributed by atoms with E-state index in [1.54, 1.807) is 0 Å². The first-order chi connectivity index (χ1) is 7.68. The summed E-state index contributed by atoms with van der Waals surface area (Å²) in [5.41, 5.74) is -0.146. The Morgan fingerprint density at radius 3 is 2.75 bits per heavy atom. The summed E-state index contributed by atoms with van der Waals surface area (Å²) >= 11 is 0. The first-order valence-electron chi connectivity index (χ1n) is 6.36. The maximum absolute atomic E-state index is 11.6. The van der Waals surface area contributed by atoms with Crippen LogP contribution in [0.25, 0.3) is 0 Å². The maximum Gasteiger partial charge on any atom is 0.315 e. The van der Waals surface area contributed by atoms with Gasteiger partial charge in [-0.25, -0.2) is 4.79 Å². The van der Waals surface area contributed by atoms with Crippen molar-refractivity contribution in [2.24, 2.45) is 0 Å². The zero-order valence-corrected chi connectivity index (χ0v) is 10.1. The highest BCUT2D eigenvalue weighted by molar-refractivity contribution is 5.74. The van der Waals surface area contributed by atoms with Gasteiger partial charge in [-0.2, -0.15) is 0 Å². The lowest BCUT2D eigenvalue weighted by Crippen LogP contribution is -2.46. The summed E-state index contributed by atoms with van der Waals surface area (Å²) in [6, 6.07) is 0.348. The van der Waals surface area contributed by atoms with Crippen LogP contribution < -0.4 is 10.6 Å². The molecule has 1 unspecified atom stereocenters. The molecule has 4 nitrogen and oxygen atoms in total. The molecule has 4 heteroatoms. The molecule has 1 atom stereocenters. The van der Waals surface area contributed by atoms with Gasteiger partial charge in [-0.05, 0) is 32.6 Å². The Balaban J connectivity index is 1.66. The van der Waals surface area contributed by atoms with Crippen LogP contribution in [-0.2, 0) is 4.74 Å². The Kier molecular flexibility index (Phi) is 3.69. The van der Waals surface area contributed by atoms with Crippen molar-refractivity contribution in [2.75, 3.05) is 13.2 Å². The van der Waals surface area contributed by atoms with E-state index in [4.69, 9.17) is 4.74 Å². The third-order valence-electron chi connectivity index (χ3n) is 3.61. The Hall–Kier alpha value is -0.770. The molecule has 0 bridgehead atoms. The van der Waals surface area contributed by atoms with E-state index in [0.717, 1.165) is 32.3 Å². The molecule has 2 N–H and O–H groups in total. The van der Waals surface area contributed by atoms with Gasteiger partial charge in [-0.3, -0.25) is 0 Å². The largest absolute Gasteiger partial charge is 0.373 e. The lowest BCUT2D eigenvalue weighted by Gasteiger charge is -2.24. The fourth-order valence-corrected chi connectivity index (χ4v) is 2.55. The third kappa shape index (κ3) is 3.11. The number of urea groups is 1. The summed E-state index contributed by atoms with van der Waals surface area (Å²) in [4.78, 5) is 11.6. The van der Waals surface area contributed by atoms with Gasteiger partial charge in [-0.1, -0.05) is 12.8 Å². The summed E-state index contributed by atoms with van der Waals surface area (Å²) in [6.45, 7) is 3.50. The van der Waals surface area contributed by atoms with Crippen LogP contribution in [0.3, 0.4) is 0 Å². The molecule has 2 aliphatic rings. The fourth-order valence-electron chi connectivity index (χ4n) is 2.55. The van der Waals surface area contributed by atoms with Crippen LogP contribution in [0.1, 0.15) is 45.4 Å². The second-order valence-electron chi connectivity index (χ2n) is 5.21. The Morgan fingerprint density at radius 1 is 1.38 bits per heavy atom. The highest BCUT2D eigenvalue weighted by atomic mass is 16.5. The molecule has 1 saturated carbocycles. The molecule has 1 heterocycles. The number of hydrogen-bond donors (Lipinski definition) is 2. The smallest absolute Gasteiger partial charge is 0.315 e. The number of carbonyl (C=O) groups excluding carboxylic acids is 1. The van der Waals surface area contributed by atoms with Crippen LogP contribution in [0.2, 0.25) is 0 Å². The molecule has 16 heavy (non-hydrogen) atoms. The van der Waals surface area contributed by atoms with Crippen molar-refractivity contribution in [3.63, 3.8) is 0 Å². The van der Waals surface area contributed by atoms with Gasteiger partial charge in [0.15, 0.2) is 0 Å². The van der Waals surface area contributed by atoms with E-state index in [1.165, 1.54) is 12.8 Å². The summed E-state index contributed by atoms with van der Waals surface area (Å²) in [7, 11) is 0. The molecule has 0 spiro atoms. The number of rotatable bonds is 3. The average Bonchev–Trinajstić information content (AvgIpc) is 2.88. The van der Waals surface area contributed by atoms with Crippen molar-refractivity contribution < 1.29 is 9.53 Å². The van der Waals surface area contributed by atoms with Gasteiger partial charge in [0.25, 0.3) is 0 Å². The topological polar surface area (TPSA) is 50.4 Å². The van der Waals surface area contributed by atoms with E-state index in [0.29, 0.717) is 12.6 Å². The van der Waals surface area contributed by atoms with E-state index in [2.05, 4.69) is 17.6 Å². The van der Waals surface area contributed by atoms with Gasteiger partial charge in [0.2, 0.25) is 0 Å². The van der Waals surface area contributed by atoms with Crippen LogP contribution in [0.4, 0.5) is 4.79 Å². The molecule has 2 fully saturated rings. The summed E-state index contributed by atoms with van der Waals surface area (Å²) < 4.78 is 5.62. The van der Waals surface area contributed by atoms with E-state index in [9.17, 15) is 4.79 Å². The average molecular weight is 226 g/mol. The predicted octanol–water partition coefficient (Wildman–Crippen LogP) is 1.80. The highest BCUT2D eigenvalue weighted by Gasteiger charge is 2.30. The SMILES string of the molecule is CC1(CNC(=O)NC2CCCC2)CCCO1. The molecule has 0 aromatic carbocycles. The molecule has 92 valence electrons. The van der Waals surface area contributed by atoms with Crippen molar-refractivity contribution in [3.05, 3.63) is 0 Å². The molecular weight excluding hydrogens is 204 g/mol. The molecule has 1 aliphatic carbocycles. The number of carbonyl (C=O) groups is 1. The molecule has 1 aliphatic heterocycles. The van der Waals surface area contributed by atoms with Gasteiger partial charge < -0.3 is 15.4 Å². The van der Waals surface area contributed by atoms with Crippen LogP contribution in [0.5, 0.6) is 0 Å². The summed E-state index contributed by atoms with van der Waals surface area (Å²) in [6.07, 6.45) is 6.87. The quantitative estimate of drug-likeness (QED) is 0.771. The molecule has 0 aromatic heterocycles. The zero-order chi connectivity index (χ0) is 11.4. The standard InChI is InChI=1S/C12H22N2O2/c1-12(7-4-8-16-12)9-13-11(15)14-10-5-2-3-6-10/h10H,2-9H2,1H3,(H2,13,14,15). The number of nitrogens with one attached hydrogen (secondary N) is 2. The Morgan fingerprint density at radius 2 is 2.12 bits per heavy atom. The van der Waals surface area contributed by atoms with Gasteiger partial charge in [-0.15, -0.1) is 0 Å². The van der Waals surface area contributed by atoms with Crippen molar-refractivity contribution in [1.82, 2.24) is 10.6 Å². The second-order valence-corrected chi connectivity index (χ2v) is 5.21. The molecule has 1 saturated heterocycles. The van der Waals surface area contributed by atoms with E-state index < -0.39 is 0 Å². The molecule has 0 radical (unpaired) electrons. The maximum atomic E-state index is 11.6. The highest BCUT2D eigenvalue weighted by Crippen LogP contribution is 2.23. The second kappa shape index (κ2) is 5.04. The third-order valence-corrected chi connectivity index (χ3v) is 3.61. The van der Waals surface area contributed by atoms with Gasteiger partial charge in [0.05, 0.1) is 5.60 Å². The molecule has 0 aromatic rings. The lowest BCUT2D eigenvalue weighted by atomic mass is 10.0. The monoisotopic (exact) mass is 226 g/mol. The van der Waals surface area contributed by atoms with Gasteiger partial charge in [0, 0.05) is 19.2 Å². The van der Waals surface area contributed by atoms with Crippen LogP contribution in [0, 0.1) is 0 Å². The van der Waals surface area contributed by atoms with Gasteiger partial charge in [0.1, 0.15) is 0 Å². The van der Waals surface area contributed by atoms with Crippen molar-refractivity contribution in [3.8, 4) is 0 Å². The molecule has 2 amide bonds. The minimum absolute atomic E-state index is 0.0383. The van der Waals surface area contributed by atoms with E-state index >= 15 is 0 Å². The van der Waals surface area contributed by atoms with Crippen molar-refractivity contribution in [1.29, 1.82) is 0 Å². The van der Waals surface area contributed by atoms with Crippen molar-refractivity contribution in [2.45, 2.75) is 57.1 Å². The van der Waals surface area contributed by atoms with E-state index in [-0.39, 0.29) is 11.6 Å². The van der Waals surface area contributed by atoms with Crippen LogP contribution in [-0.4, -0.2) is 30.8 Å². The van der Waals surface area contributed by atoms with Gasteiger partial charge >= 0.3 is 6.03 Å². The first kappa shape index (κ1) is 11.7. The molecule has 2 rings (SSSR count). The summed E-state index contributed by atoms with van der Waals surface area (Å²) in [5.74, 6) is 0. The van der Waals surface area contributed by atoms with E-state index in [1.807, 2.05) is 0 Å². The number of amides is 2. The fraction of sp³-hybridized carbons (Fsp3) is 0.917. The van der Waals surface area contributed by atoms with Crippen LogP contribution in [0.15, 0.2) is 0 Å². The summed E-state index contributed by atoms with van der Waals surface area (Å²) in [5, 5.41) is 5.93. The minimum Gasteiger partial charge on any atom is -0.373 e.